The smallest absolute Gasteiger partial charge is 0.272 e. The first-order valence-electron chi connectivity index (χ1n) is 7.80. The van der Waals surface area contributed by atoms with Gasteiger partial charge >= 0.3 is 0 Å². The van der Waals surface area contributed by atoms with Gasteiger partial charge in [0.2, 0.25) is 5.91 Å². The summed E-state index contributed by atoms with van der Waals surface area (Å²) >= 11 is 0. The third-order valence-corrected chi connectivity index (χ3v) is 4.01. The Morgan fingerprint density at radius 2 is 2.27 bits per heavy atom. The van der Waals surface area contributed by atoms with E-state index in [9.17, 15) is 14.9 Å². The van der Waals surface area contributed by atoms with Crippen LogP contribution in [0.1, 0.15) is 38.2 Å². The van der Waals surface area contributed by atoms with Crippen LogP contribution in [-0.4, -0.2) is 30.0 Å². The van der Waals surface area contributed by atoms with Gasteiger partial charge in [-0.15, -0.1) is 0 Å². The van der Waals surface area contributed by atoms with Crippen LogP contribution in [0.2, 0.25) is 0 Å². The summed E-state index contributed by atoms with van der Waals surface area (Å²) in [6.07, 6.45) is 3.40. The molecule has 1 aliphatic heterocycles. The number of hydrogen-bond acceptors (Lipinski definition) is 4. The molecular weight excluding hydrogens is 282 g/mol. The number of aryl methyl sites for hydroxylation is 1. The lowest BCUT2D eigenvalue weighted by Gasteiger charge is -2.35. The zero-order chi connectivity index (χ0) is 16.1. The van der Waals surface area contributed by atoms with Crippen LogP contribution in [0.5, 0.6) is 0 Å². The van der Waals surface area contributed by atoms with E-state index in [2.05, 4.69) is 10.2 Å². The molecule has 0 bridgehead atoms. The van der Waals surface area contributed by atoms with Crippen LogP contribution in [0.3, 0.4) is 0 Å². The van der Waals surface area contributed by atoms with Gasteiger partial charge in [0.1, 0.15) is 0 Å². The van der Waals surface area contributed by atoms with Crippen LogP contribution >= 0.6 is 0 Å². The first-order chi connectivity index (χ1) is 10.5. The van der Waals surface area contributed by atoms with Crippen LogP contribution in [0.15, 0.2) is 18.2 Å². The fourth-order valence-corrected chi connectivity index (χ4v) is 2.90. The van der Waals surface area contributed by atoms with Crippen molar-refractivity contribution in [3.8, 4) is 0 Å². The van der Waals surface area contributed by atoms with Crippen LogP contribution in [-0.2, 0) is 4.79 Å². The number of nitrogens with zero attached hydrogens (tertiary/aromatic N) is 2. The average molecular weight is 305 g/mol. The maximum Gasteiger partial charge on any atom is 0.272 e. The van der Waals surface area contributed by atoms with Crippen LogP contribution in [0.4, 0.5) is 11.4 Å². The maximum atomic E-state index is 11.7. The molecule has 1 heterocycles. The van der Waals surface area contributed by atoms with Crippen molar-refractivity contribution in [3.63, 3.8) is 0 Å². The number of anilines is 1. The molecule has 1 N–H and O–H groups in total. The predicted molar refractivity (Wildman–Crippen MR) is 86.1 cm³/mol. The second-order valence-corrected chi connectivity index (χ2v) is 5.83. The summed E-state index contributed by atoms with van der Waals surface area (Å²) in [6, 6.07) is 5.36. The highest BCUT2D eigenvalue weighted by Gasteiger charge is 2.22. The molecule has 0 saturated carbocycles. The van der Waals surface area contributed by atoms with E-state index in [1.165, 1.54) is 0 Å². The molecule has 1 saturated heterocycles. The van der Waals surface area contributed by atoms with E-state index < -0.39 is 0 Å². The van der Waals surface area contributed by atoms with Crippen molar-refractivity contribution in [1.29, 1.82) is 0 Å². The van der Waals surface area contributed by atoms with Gasteiger partial charge in [-0.2, -0.15) is 0 Å². The zero-order valence-electron chi connectivity index (χ0n) is 13.2. The molecule has 1 aliphatic rings. The maximum absolute atomic E-state index is 11.7. The Hall–Kier alpha value is -2.11. The van der Waals surface area contributed by atoms with Crippen molar-refractivity contribution in [2.75, 3.05) is 18.0 Å². The molecule has 1 atom stereocenters. The van der Waals surface area contributed by atoms with Gasteiger partial charge < -0.3 is 10.2 Å². The summed E-state index contributed by atoms with van der Waals surface area (Å²) in [5, 5.41) is 14.0. The molecule has 1 aromatic rings. The van der Waals surface area contributed by atoms with E-state index in [-0.39, 0.29) is 22.6 Å². The molecule has 6 heteroatoms. The lowest BCUT2D eigenvalue weighted by molar-refractivity contribution is -0.385. The SMILES string of the molecule is CCCC(=O)NC1CCCN(c2ccc([N+](=O)[O-])c(C)c2)C1. The number of hydrogen-bond donors (Lipinski definition) is 1. The second-order valence-electron chi connectivity index (χ2n) is 5.83. The zero-order valence-corrected chi connectivity index (χ0v) is 13.2. The molecule has 22 heavy (non-hydrogen) atoms. The van der Waals surface area contributed by atoms with Crippen molar-refractivity contribution >= 4 is 17.3 Å². The van der Waals surface area contributed by atoms with Gasteiger partial charge in [-0.3, -0.25) is 14.9 Å². The summed E-state index contributed by atoms with van der Waals surface area (Å²) in [6.45, 7) is 5.42. The number of benzene rings is 1. The number of nitro benzene ring substituents is 1. The number of carbonyl (C=O) groups is 1. The number of rotatable bonds is 5. The molecule has 120 valence electrons. The molecular formula is C16H23N3O3. The molecule has 2 rings (SSSR count). The Morgan fingerprint density at radius 3 is 2.91 bits per heavy atom. The van der Waals surface area contributed by atoms with Gasteiger partial charge in [-0.1, -0.05) is 6.92 Å². The number of amides is 1. The minimum Gasteiger partial charge on any atom is -0.369 e. The Bertz CT molecular complexity index is 560. The highest BCUT2D eigenvalue weighted by atomic mass is 16.6. The lowest BCUT2D eigenvalue weighted by atomic mass is 10.0. The topological polar surface area (TPSA) is 75.5 Å². The fraction of sp³-hybridized carbons (Fsp3) is 0.562. The van der Waals surface area contributed by atoms with Gasteiger partial charge in [0, 0.05) is 42.9 Å². The number of nitrogens with one attached hydrogen (secondary N) is 1. The van der Waals surface area contributed by atoms with E-state index in [1.54, 1.807) is 19.1 Å². The molecule has 0 aliphatic carbocycles. The average Bonchev–Trinajstić information content (AvgIpc) is 2.47. The predicted octanol–water partition coefficient (Wildman–Crippen LogP) is 2.79. The third kappa shape index (κ3) is 3.96. The Labute approximate surface area is 130 Å². The molecule has 1 amide bonds. The van der Waals surface area contributed by atoms with E-state index >= 15 is 0 Å². The van der Waals surface area contributed by atoms with Crippen LogP contribution in [0.25, 0.3) is 0 Å². The largest absolute Gasteiger partial charge is 0.369 e. The summed E-state index contributed by atoms with van der Waals surface area (Å²) < 4.78 is 0. The summed E-state index contributed by atoms with van der Waals surface area (Å²) in [4.78, 5) is 24.4. The number of carbonyl (C=O) groups excluding carboxylic acids is 1. The van der Waals surface area contributed by atoms with Gasteiger partial charge in [-0.25, -0.2) is 0 Å². The second kappa shape index (κ2) is 7.24. The lowest BCUT2D eigenvalue weighted by Crippen LogP contribution is -2.47. The standard InChI is InChI=1S/C16H23N3O3/c1-3-5-16(20)17-13-6-4-9-18(11-13)14-7-8-15(19(21)22)12(2)10-14/h7-8,10,13H,3-6,9,11H2,1-2H3,(H,17,20). The summed E-state index contributed by atoms with van der Waals surface area (Å²) in [5.74, 6) is 0.106. The molecule has 1 fully saturated rings. The minimum absolute atomic E-state index is 0.106. The minimum atomic E-state index is -0.358. The normalized spacial score (nSPS) is 18.1. The monoisotopic (exact) mass is 305 g/mol. The quantitative estimate of drug-likeness (QED) is 0.670. The van der Waals surface area contributed by atoms with E-state index in [0.717, 1.165) is 38.0 Å². The molecule has 6 nitrogen and oxygen atoms in total. The highest BCUT2D eigenvalue weighted by molar-refractivity contribution is 5.76. The number of piperidine rings is 1. The Kier molecular flexibility index (Phi) is 5.35. The van der Waals surface area contributed by atoms with E-state index in [4.69, 9.17) is 0 Å². The van der Waals surface area contributed by atoms with Crippen molar-refractivity contribution in [2.45, 2.75) is 45.6 Å². The number of nitro groups is 1. The van der Waals surface area contributed by atoms with E-state index in [1.807, 2.05) is 13.0 Å². The Morgan fingerprint density at radius 1 is 1.50 bits per heavy atom. The van der Waals surface area contributed by atoms with Crippen LogP contribution < -0.4 is 10.2 Å². The van der Waals surface area contributed by atoms with Gasteiger partial charge in [0.15, 0.2) is 0 Å². The highest BCUT2D eigenvalue weighted by Crippen LogP contribution is 2.26. The molecule has 1 aromatic carbocycles. The first-order valence-corrected chi connectivity index (χ1v) is 7.80. The molecule has 0 radical (unpaired) electrons. The molecule has 0 spiro atoms. The van der Waals surface area contributed by atoms with Gasteiger partial charge in [0.05, 0.1) is 4.92 Å². The molecule has 1 unspecified atom stereocenters. The van der Waals surface area contributed by atoms with Crippen LogP contribution in [0, 0.1) is 17.0 Å². The van der Waals surface area contributed by atoms with Crippen molar-refractivity contribution in [1.82, 2.24) is 5.32 Å². The van der Waals surface area contributed by atoms with Gasteiger partial charge in [-0.05, 0) is 38.3 Å². The Balaban J connectivity index is 2.04. The van der Waals surface area contributed by atoms with Crippen molar-refractivity contribution in [2.24, 2.45) is 0 Å². The van der Waals surface area contributed by atoms with Crippen molar-refractivity contribution in [3.05, 3.63) is 33.9 Å². The fourth-order valence-electron chi connectivity index (χ4n) is 2.90. The summed E-state index contributed by atoms with van der Waals surface area (Å²) in [5.41, 5.74) is 1.80. The van der Waals surface area contributed by atoms with E-state index in [0.29, 0.717) is 12.0 Å². The van der Waals surface area contributed by atoms with Crippen molar-refractivity contribution < 1.29 is 9.72 Å². The third-order valence-electron chi connectivity index (χ3n) is 4.01. The van der Waals surface area contributed by atoms with Gasteiger partial charge in [0.25, 0.3) is 5.69 Å². The first kappa shape index (κ1) is 16.3. The summed E-state index contributed by atoms with van der Waals surface area (Å²) in [7, 11) is 0. The molecule has 0 aromatic heterocycles.